The van der Waals surface area contributed by atoms with E-state index in [4.69, 9.17) is 9.15 Å². The Bertz CT molecular complexity index is 1500. The van der Waals surface area contributed by atoms with Crippen LogP contribution in [0.1, 0.15) is 10.4 Å². The van der Waals surface area contributed by atoms with Gasteiger partial charge in [-0.1, -0.05) is 42.5 Å². The maximum absolute atomic E-state index is 12.8. The van der Waals surface area contributed by atoms with E-state index in [0.717, 1.165) is 22.0 Å². The fraction of sp³-hybridized carbons (Fsp3) is 0.0417. The first-order chi connectivity index (χ1) is 15.1. The Morgan fingerprint density at radius 3 is 2.74 bits per heavy atom. The van der Waals surface area contributed by atoms with Gasteiger partial charge in [0.25, 0.3) is 5.91 Å². The van der Waals surface area contributed by atoms with E-state index < -0.39 is 11.5 Å². The molecule has 0 unspecified atom stereocenters. The average molecular weight is 428 g/mol. The minimum Gasteiger partial charge on any atom is -0.497 e. The molecule has 2 aromatic heterocycles. The van der Waals surface area contributed by atoms with Gasteiger partial charge >= 0.3 is 5.63 Å². The van der Waals surface area contributed by atoms with Crippen LogP contribution in [0.3, 0.4) is 0 Å². The predicted octanol–water partition coefficient (Wildman–Crippen LogP) is 5.33. The van der Waals surface area contributed by atoms with Crippen molar-refractivity contribution < 1.29 is 13.9 Å². The lowest BCUT2D eigenvalue weighted by molar-refractivity contribution is 0.102. The Morgan fingerprint density at radius 1 is 1.03 bits per heavy atom. The Hall–Kier alpha value is -3.97. The van der Waals surface area contributed by atoms with E-state index in [-0.39, 0.29) is 5.56 Å². The predicted molar refractivity (Wildman–Crippen MR) is 122 cm³/mol. The zero-order valence-corrected chi connectivity index (χ0v) is 17.2. The van der Waals surface area contributed by atoms with Gasteiger partial charge < -0.3 is 9.15 Å². The molecular weight excluding hydrogens is 412 g/mol. The third-order valence-electron chi connectivity index (χ3n) is 4.97. The second kappa shape index (κ2) is 7.70. The number of fused-ring (bicyclic) bond motifs is 2. The molecule has 1 N–H and O–H groups in total. The molecule has 0 spiro atoms. The highest BCUT2D eigenvalue weighted by atomic mass is 32.1. The molecule has 0 atom stereocenters. The van der Waals surface area contributed by atoms with Crippen LogP contribution in [0.2, 0.25) is 0 Å². The van der Waals surface area contributed by atoms with E-state index in [1.807, 2.05) is 47.8 Å². The summed E-state index contributed by atoms with van der Waals surface area (Å²) in [5, 5.41) is 7.78. The van der Waals surface area contributed by atoms with Gasteiger partial charge in [-0.25, -0.2) is 9.78 Å². The highest BCUT2D eigenvalue weighted by Gasteiger charge is 2.16. The number of anilines is 1. The number of hydrogen-bond acceptors (Lipinski definition) is 6. The van der Waals surface area contributed by atoms with Crippen molar-refractivity contribution in [1.29, 1.82) is 0 Å². The zero-order chi connectivity index (χ0) is 21.4. The molecule has 0 aliphatic rings. The van der Waals surface area contributed by atoms with Crippen molar-refractivity contribution in [3.05, 3.63) is 88.1 Å². The number of rotatable bonds is 4. The maximum Gasteiger partial charge on any atom is 0.349 e. The third kappa shape index (κ3) is 3.55. The minimum atomic E-state index is -0.707. The van der Waals surface area contributed by atoms with Crippen LogP contribution in [0, 0.1) is 0 Å². The Balaban J connectivity index is 1.46. The van der Waals surface area contributed by atoms with Gasteiger partial charge in [-0.05, 0) is 35.0 Å². The number of ether oxygens (including phenoxy) is 1. The van der Waals surface area contributed by atoms with Crippen LogP contribution in [-0.2, 0) is 0 Å². The van der Waals surface area contributed by atoms with Gasteiger partial charge in [-0.3, -0.25) is 10.1 Å². The van der Waals surface area contributed by atoms with Crippen LogP contribution in [0.15, 0.2) is 81.3 Å². The van der Waals surface area contributed by atoms with Gasteiger partial charge in [0.2, 0.25) is 0 Å². The van der Waals surface area contributed by atoms with Gasteiger partial charge in [-0.2, -0.15) is 0 Å². The van der Waals surface area contributed by atoms with Crippen molar-refractivity contribution in [2.75, 3.05) is 12.4 Å². The van der Waals surface area contributed by atoms with Gasteiger partial charge in [-0.15, -0.1) is 11.3 Å². The summed E-state index contributed by atoms with van der Waals surface area (Å²) < 4.78 is 10.5. The summed E-state index contributed by atoms with van der Waals surface area (Å²) in [5.74, 6) is 0.0321. The number of methoxy groups -OCH3 is 1. The number of aromatic nitrogens is 1. The molecule has 0 bridgehead atoms. The van der Waals surface area contributed by atoms with Crippen molar-refractivity contribution in [2.24, 2.45) is 0 Å². The topological polar surface area (TPSA) is 81.4 Å². The van der Waals surface area contributed by atoms with Gasteiger partial charge in [0, 0.05) is 16.3 Å². The monoisotopic (exact) mass is 428 g/mol. The molecule has 31 heavy (non-hydrogen) atoms. The number of carbonyl (C=O) groups excluding carboxylic acids is 1. The van der Waals surface area contributed by atoms with Gasteiger partial charge in [0.1, 0.15) is 16.9 Å². The average Bonchev–Trinajstić information content (AvgIpc) is 3.26. The first-order valence-electron chi connectivity index (χ1n) is 9.49. The smallest absolute Gasteiger partial charge is 0.349 e. The minimum absolute atomic E-state index is 0.0948. The van der Waals surface area contributed by atoms with Crippen LogP contribution in [-0.4, -0.2) is 18.0 Å². The van der Waals surface area contributed by atoms with Crippen LogP contribution < -0.4 is 15.7 Å². The molecule has 1 amide bonds. The lowest BCUT2D eigenvalue weighted by Gasteiger charge is -2.05. The molecule has 0 aliphatic heterocycles. The molecule has 2 heterocycles. The fourth-order valence-corrected chi connectivity index (χ4v) is 4.16. The summed E-state index contributed by atoms with van der Waals surface area (Å²) in [7, 11) is 1.55. The Kier molecular flexibility index (Phi) is 4.72. The summed E-state index contributed by atoms with van der Waals surface area (Å²) in [6.45, 7) is 0. The fourth-order valence-electron chi connectivity index (χ4n) is 3.45. The summed E-state index contributed by atoms with van der Waals surface area (Å²) in [4.78, 5) is 29.6. The molecule has 5 rings (SSSR count). The van der Waals surface area contributed by atoms with E-state index >= 15 is 0 Å². The summed E-state index contributed by atoms with van der Waals surface area (Å²) in [6.07, 6.45) is 0. The van der Waals surface area contributed by atoms with Crippen molar-refractivity contribution in [1.82, 2.24) is 4.98 Å². The van der Waals surface area contributed by atoms with Crippen molar-refractivity contribution in [3.63, 3.8) is 0 Å². The lowest BCUT2D eigenvalue weighted by atomic mass is 10.0. The molecular formula is C24H16N2O4S. The highest BCUT2D eigenvalue weighted by Crippen LogP contribution is 2.31. The van der Waals surface area contributed by atoms with E-state index in [1.54, 1.807) is 25.3 Å². The van der Waals surface area contributed by atoms with E-state index in [9.17, 15) is 9.59 Å². The van der Waals surface area contributed by atoms with Crippen LogP contribution in [0.25, 0.3) is 33.0 Å². The van der Waals surface area contributed by atoms with Crippen LogP contribution in [0.5, 0.6) is 5.75 Å². The summed E-state index contributed by atoms with van der Waals surface area (Å²) in [6, 6.07) is 20.6. The van der Waals surface area contributed by atoms with Gasteiger partial charge in [0.15, 0.2) is 5.13 Å². The van der Waals surface area contributed by atoms with E-state index in [2.05, 4.69) is 10.3 Å². The molecule has 152 valence electrons. The second-order valence-electron chi connectivity index (χ2n) is 6.87. The maximum atomic E-state index is 12.8. The molecule has 0 aliphatic carbocycles. The van der Waals surface area contributed by atoms with Crippen molar-refractivity contribution in [2.45, 2.75) is 0 Å². The molecule has 7 heteroatoms. The molecule has 0 saturated carbocycles. The highest BCUT2D eigenvalue weighted by molar-refractivity contribution is 7.14. The summed E-state index contributed by atoms with van der Waals surface area (Å²) in [5.41, 5.74) is 1.32. The number of amides is 1. The standard InChI is InChI=1S/C24H16N2O4S/c1-29-16-9-10-21-15(11-16)12-19(23(28)30-21)22(27)26-24-25-20(13-31-24)18-8-4-6-14-5-2-3-7-17(14)18/h2-13H,1H3,(H,25,26,27). The van der Waals surface area contributed by atoms with Crippen LogP contribution >= 0.6 is 11.3 Å². The van der Waals surface area contributed by atoms with Crippen LogP contribution in [0.4, 0.5) is 5.13 Å². The third-order valence-corrected chi connectivity index (χ3v) is 5.73. The number of hydrogen-bond donors (Lipinski definition) is 1. The largest absolute Gasteiger partial charge is 0.497 e. The Morgan fingerprint density at radius 2 is 1.87 bits per heavy atom. The van der Waals surface area contributed by atoms with Gasteiger partial charge in [0.05, 0.1) is 12.8 Å². The zero-order valence-electron chi connectivity index (χ0n) is 16.4. The van der Waals surface area contributed by atoms with Crippen molar-refractivity contribution >= 4 is 44.1 Å². The first-order valence-corrected chi connectivity index (χ1v) is 10.4. The lowest BCUT2D eigenvalue weighted by Crippen LogP contribution is -2.20. The molecule has 0 radical (unpaired) electrons. The number of nitrogens with one attached hydrogen (secondary N) is 1. The molecule has 0 fully saturated rings. The Labute approximate surface area is 180 Å². The first kappa shape index (κ1) is 19.0. The molecule has 5 aromatic rings. The quantitative estimate of drug-likeness (QED) is 0.391. The number of thiazole rings is 1. The number of carbonyl (C=O) groups is 1. The summed E-state index contributed by atoms with van der Waals surface area (Å²) >= 11 is 1.30. The molecule has 6 nitrogen and oxygen atoms in total. The molecule has 3 aromatic carbocycles. The normalized spacial score (nSPS) is 11.0. The van der Waals surface area contributed by atoms with E-state index in [1.165, 1.54) is 17.4 Å². The second-order valence-corrected chi connectivity index (χ2v) is 7.73. The van der Waals surface area contributed by atoms with Crippen molar-refractivity contribution in [3.8, 4) is 17.0 Å². The number of benzene rings is 3. The molecule has 0 saturated heterocycles. The van der Waals surface area contributed by atoms with E-state index in [0.29, 0.717) is 21.9 Å². The SMILES string of the molecule is COc1ccc2oc(=O)c(C(=O)Nc3nc(-c4cccc5ccccc45)cs3)cc2c1. The number of nitrogens with zero attached hydrogens (tertiary/aromatic N) is 1.